The minimum atomic E-state index is -0.477. The number of methoxy groups -OCH3 is 3. The molecule has 0 aliphatic carbocycles. The van der Waals surface area contributed by atoms with Crippen molar-refractivity contribution < 1.29 is 23.8 Å². The quantitative estimate of drug-likeness (QED) is 0.569. The highest BCUT2D eigenvalue weighted by atomic mass is 16.5. The number of carbonyl (C=O) groups excluding carboxylic acids is 2. The molecule has 126 valence electrons. The molecule has 23 heavy (non-hydrogen) atoms. The van der Waals surface area contributed by atoms with Crippen LogP contribution in [0.4, 0.5) is 0 Å². The fraction of sp³-hybridized carbons (Fsp3) is 0.412. The zero-order valence-corrected chi connectivity index (χ0v) is 14.2. The van der Waals surface area contributed by atoms with Crippen molar-refractivity contribution in [2.45, 2.75) is 20.4 Å². The maximum Gasteiger partial charge on any atom is 0.325 e. The fourth-order valence-corrected chi connectivity index (χ4v) is 1.95. The minimum Gasteiger partial charge on any atom is -0.497 e. The average molecular weight is 321 g/mol. The van der Waals surface area contributed by atoms with Crippen molar-refractivity contribution >= 4 is 11.9 Å². The molecular formula is C17H23NO5. The van der Waals surface area contributed by atoms with Gasteiger partial charge in [-0.25, -0.2) is 0 Å². The molecule has 0 bridgehead atoms. The fourth-order valence-electron chi connectivity index (χ4n) is 1.95. The zero-order valence-electron chi connectivity index (χ0n) is 14.2. The number of ether oxygens (including phenoxy) is 3. The lowest BCUT2D eigenvalue weighted by molar-refractivity contribution is -0.145. The summed E-state index contributed by atoms with van der Waals surface area (Å²) >= 11 is 0. The number of benzene rings is 1. The lowest BCUT2D eigenvalue weighted by Crippen LogP contribution is -2.34. The third-order valence-corrected chi connectivity index (χ3v) is 3.06. The molecule has 0 spiro atoms. The van der Waals surface area contributed by atoms with Crippen molar-refractivity contribution in [2.24, 2.45) is 0 Å². The van der Waals surface area contributed by atoms with Crippen molar-refractivity contribution in [3.05, 3.63) is 35.4 Å². The molecule has 0 unspecified atom stereocenters. The van der Waals surface area contributed by atoms with Gasteiger partial charge in [0.15, 0.2) is 0 Å². The molecule has 1 aromatic rings. The second kappa shape index (κ2) is 8.82. The standard InChI is InChI=1S/C17H23NO5/c1-12(2)6-16(19)18(11-17(20)23-5)10-13-7-14(21-3)9-15(8-13)22-4/h6-9H,10-11H2,1-5H3. The van der Waals surface area contributed by atoms with Gasteiger partial charge in [0.25, 0.3) is 0 Å². The summed E-state index contributed by atoms with van der Waals surface area (Å²) in [6.07, 6.45) is 1.49. The normalized spacial score (nSPS) is 9.78. The number of carbonyl (C=O) groups is 2. The van der Waals surface area contributed by atoms with Crippen LogP contribution in [0.3, 0.4) is 0 Å². The highest BCUT2D eigenvalue weighted by Gasteiger charge is 2.17. The first kappa shape index (κ1) is 18.5. The van der Waals surface area contributed by atoms with Crippen LogP contribution in [0.1, 0.15) is 19.4 Å². The molecule has 0 aliphatic heterocycles. The molecule has 0 N–H and O–H groups in total. The van der Waals surface area contributed by atoms with E-state index in [9.17, 15) is 9.59 Å². The first-order valence-corrected chi connectivity index (χ1v) is 7.12. The first-order valence-electron chi connectivity index (χ1n) is 7.12. The molecule has 0 atom stereocenters. The number of esters is 1. The summed E-state index contributed by atoms with van der Waals surface area (Å²) in [5.74, 6) is 0.506. The van der Waals surface area contributed by atoms with E-state index in [1.165, 1.54) is 18.1 Å². The summed E-state index contributed by atoms with van der Waals surface area (Å²) < 4.78 is 15.1. The second-order valence-electron chi connectivity index (χ2n) is 5.21. The maximum absolute atomic E-state index is 12.3. The number of amides is 1. The Morgan fingerprint density at radius 3 is 2.04 bits per heavy atom. The van der Waals surface area contributed by atoms with Crippen LogP contribution >= 0.6 is 0 Å². The van der Waals surface area contributed by atoms with Crippen molar-refractivity contribution in [2.75, 3.05) is 27.9 Å². The zero-order chi connectivity index (χ0) is 17.4. The number of nitrogens with zero attached hydrogens (tertiary/aromatic N) is 1. The van der Waals surface area contributed by atoms with Crippen molar-refractivity contribution in [1.29, 1.82) is 0 Å². The van der Waals surface area contributed by atoms with Gasteiger partial charge in [-0.15, -0.1) is 0 Å². The molecule has 1 aromatic carbocycles. The molecule has 0 heterocycles. The summed E-state index contributed by atoms with van der Waals surface area (Å²) in [6.45, 7) is 3.76. The lowest BCUT2D eigenvalue weighted by atomic mass is 10.1. The van der Waals surface area contributed by atoms with E-state index in [1.54, 1.807) is 32.4 Å². The average Bonchev–Trinajstić information content (AvgIpc) is 2.52. The Morgan fingerprint density at radius 2 is 1.61 bits per heavy atom. The molecule has 0 aliphatic rings. The molecule has 0 aromatic heterocycles. The number of allylic oxidation sites excluding steroid dienone is 1. The van der Waals surface area contributed by atoms with E-state index in [0.29, 0.717) is 11.5 Å². The third kappa shape index (κ3) is 6.02. The van der Waals surface area contributed by atoms with Gasteiger partial charge in [-0.05, 0) is 31.5 Å². The van der Waals surface area contributed by atoms with Crippen LogP contribution in [0.5, 0.6) is 11.5 Å². The van der Waals surface area contributed by atoms with Crippen molar-refractivity contribution in [1.82, 2.24) is 4.90 Å². The highest BCUT2D eigenvalue weighted by Crippen LogP contribution is 2.23. The van der Waals surface area contributed by atoms with E-state index in [0.717, 1.165) is 11.1 Å². The second-order valence-corrected chi connectivity index (χ2v) is 5.21. The number of hydrogen-bond donors (Lipinski definition) is 0. The van der Waals surface area contributed by atoms with Gasteiger partial charge in [-0.2, -0.15) is 0 Å². The van der Waals surface area contributed by atoms with E-state index < -0.39 is 5.97 Å². The van der Waals surface area contributed by atoms with Gasteiger partial charge >= 0.3 is 5.97 Å². The molecule has 0 saturated heterocycles. The van der Waals surface area contributed by atoms with Crippen molar-refractivity contribution in [3.8, 4) is 11.5 Å². The summed E-state index contributed by atoms with van der Waals surface area (Å²) in [4.78, 5) is 25.3. The number of hydrogen-bond acceptors (Lipinski definition) is 5. The molecule has 6 nitrogen and oxygen atoms in total. The molecule has 0 fully saturated rings. The van der Waals surface area contributed by atoms with Gasteiger partial charge < -0.3 is 19.1 Å². The van der Waals surface area contributed by atoms with Gasteiger partial charge in [-0.3, -0.25) is 9.59 Å². The summed E-state index contributed by atoms with van der Waals surface area (Å²) in [6, 6.07) is 5.33. The van der Waals surface area contributed by atoms with Gasteiger partial charge in [0.2, 0.25) is 5.91 Å². The van der Waals surface area contributed by atoms with Crippen LogP contribution in [0.2, 0.25) is 0 Å². The maximum atomic E-state index is 12.3. The Hall–Kier alpha value is -2.50. The van der Waals surface area contributed by atoms with Crippen LogP contribution in [-0.4, -0.2) is 44.7 Å². The molecule has 1 amide bonds. The predicted octanol–water partition coefficient (Wildman–Crippen LogP) is 2.17. The van der Waals surface area contributed by atoms with Crippen LogP contribution in [0, 0.1) is 0 Å². The molecule has 0 saturated carbocycles. The Balaban J connectivity index is 3.06. The van der Waals surface area contributed by atoms with Crippen LogP contribution in [-0.2, 0) is 20.9 Å². The molecule has 6 heteroatoms. The third-order valence-electron chi connectivity index (χ3n) is 3.06. The van der Waals surface area contributed by atoms with E-state index in [1.807, 2.05) is 13.8 Å². The van der Waals surface area contributed by atoms with Crippen LogP contribution in [0.25, 0.3) is 0 Å². The van der Waals surface area contributed by atoms with Gasteiger partial charge in [0.05, 0.1) is 21.3 Å². The minimum absolute atomic E-state index is 0.126. The first-order chi connectivity index (χ1) is 10.9. The number of rotatable bonds is 7. The van der Waals surface area contributed by atoms with Gasteiger partial charge in [0.1, 0.15) is 18.0 Å². The summed E-state index contributed by atoms with van der Waals surface area (Å²) in [5, 5.41) is 0. The van der Waals surface area contributed by atoms with E-state index in [4.69, 9.17) is 9.47 Å². The largest absolute Gasteiger partial charge is 0.497 e. The Bertz CT molecular complexity index is 568. The Morgan fingerprint density at radius 1 is 1.04 bits per heavy atom. The summed E-state index contributed by atoms with van der Waals surface area (Å²) in [5.41, 5.74) is 1.65. The van der Waals surface area contributed by atoms with Crippen LogP contribution in [0.15, 0.2) is 29.8 Å². The van der Waals surface area contributed by atoms with E-state index in [-0.39, 0.29) is 19.0 Å². The highest BCUT2D eigenvalue weighted by molar-refractivity contribution is 5.90. The van der Waals surface area contributed by atoms with E-state index in [2.05, 4.69) is 4.74 Å². The Labute approximate surface area is 136 Å². The molecule has 1 rings (SSSR count). The predicted molar refractivity (Wildman–Crippen MR) is 86.4 cm³/mol. The van der Waals surface area contributed by atoms with Crippen LogP contribution < -0.4 is 9.47 Å². The SMILES string of the molecule is COC(=O)CN(Cc1cc(OC)cc(OC)c1)C(=O)C=C(C)C. The summed E-state index contributed by atoms with van der Waals surface area (Å²) in [7, 11) is 4.40. The Kier molecular flexibility index (Phi) is 7.12. The molecular weight excluding hydrogens is 298 g/mol. The molecule has 0 radical (unpaired) electrons. The lowest BCUT2D eigenvalue weighted by Gasteiger charge is -2.21. The monoisotopic (exact) mass is 321 g/mol. The smallest absolute Gasteiger partial charge is 0.325 e. The van der Waals surface area contributed by atoms with Crippen molar-refractivity contribution in [3.63, 3.8) is 0 Å². The van der Waals surface area contributed by atoms with Gasteiger partial charge in [-0.1, -0.05) is 5.57 Å². The topological polar surface area (TPSA) is 65.1 Å². The van der Waals surface area contributed by atoms with Gasteiger partial charge in [0, 0.05) is 18.7 Å². The van der Waals surface area contributed by atoms with E-state index >= 15 is 0 Å².